The molecule has 0 aliphatic carbocycles. The van der Waals surface area contributed by atoms with Gasteiger partial charge in [0.15, 0.2) is 5.17 Å². The van der Waals surface area contributed by atoms with E-state index in [1.165, 1.54) is 29.3 Å². The number of ether oxygens (including phenoxy) is 1. The summed E-state index contributed by atoms with van der Waals surface area (Å²) in [5, 5.41) is 1.17. The maximum absolute atomic E-state index is 5.85. The molecule has 1 aromatic heterocycles. The van der Waals surface area contributed by atoms with Crippen LogP contribution in [0, 0.1) is 0 Å². The maximum Gasteiger partial charge on any atom is 0.160 e. The number of fused-ring (bicyclic) bond motifs is 1. The van der Waals surface area contributed by atoms with Gasteiger partial charge in [0, 0.05) is 31.1 Å². The Hall–Kier alpha value is -2.21. The van der Waals surface area contributed by atoms with Crippen LogP contribution < -0.4 is 9.64 Å². The van der Waals surface area contributed by atoms with Crippen LogP contribution in [-0.2, 0) is 0 Å². The highest BCUT2D eigenvalue weighted by Crippen LogP contribution is 2.49. The first kappa shape index (κ1) is 18.8. The monoisotopic (exact) mass is 408 g/mol. The number of anilines is 1. The van der Waals surface area contributed by atoms with Crippen molar-refractivity contribution in [1.82, 2.24) is 9.88 Å². The third kappa shape index (κ3) is 3.27. The molecule has 0 spiro atoms. The molecule has 6 heteroatoms. The number of pyridine rings is 1. The van der Waals surface area contributed by atoms with E-state index >= 15 is 0 Å². The van der Waals surface area contributed by atoms with Crippen LogP contribution >= 0.6 is 11.8 Å². The lowest BCUT2D eigenvalue weighted by Gasteiger charge is -2.32. The van der Waals surface area contributed by atoms with Crippen molar-refractivity contribution in [3.63, 3.8) is 0 Å². The summed E-state index contributed by atoms with van der Waals surface area (Å²) in [4.78, 5) is 14.8. The van der Waals surface area contributed by atoms with Gasteiger partial charge in [-0.15, -0.1) is 0 Å². The molecule has 2 aromatic rings. The lowest BCUT2D eigenvalue weighted by atomic mass is 9.94. The molecule has 0 radical (unpaired) electrons. The molecule has 2 fully saturated rings. The number of nitrogens with zero attached hydrogens (tertiary/aromatic N) is 4. The van der Waals surface area contributed by atoms with Crippen LogP contribution in [0.1, 0.15) is 49.5 Å². The molecule has 3 aliphatic rings. The second-order valence-electron chi connectivity index (χ2n) is 7.96. The van der Waals surface area contributed by atoms with Gasteiger partial charge >= 0.3 is 0 Å². The molecule has 29 heavy (non-hydrogen) atoms. The first-order valence-corrected chi connectivity index (χ1v) is 11.6. The molecule has 1 aromatic carbocycles. The Morgan fingerprint density at radius 1 is 1.17 bits per heavy atom. The minimum atomic E-state index is 0.0235. The molecule has 5 nitrogen and oxygen atoms in total. The van der Waals surface area contributed by atoms with Crippen LogP contribution in [0.4, 0.5) is 5.69 Å². The van der Waals surface area contributed by atoms with Crippen LogP contribution in [0.15, 0.2) is 47.6 Å². The lowest BCUT2D eigenvalue weighted by Crippen LogP contribution is -2.35. The fraction of sp³-hybridized carbons (Fsp3) is 0.478. The molecule has 0 saturated carbocycles. The SMILES string of the molecule is CC[C@@H]1CSC2=N[C@@H](c3ccccn3)[C@H](c3ccc(N4CCCC4)c(OC)c3)N21. The molecule has 3 atom stereocenters. The summed E-state index contributed by atoms with van der Waals surface area (Å²) >= 11 is 1.88. The first-order chi connectivity index (χ1) is 14.3. The van der Waals surface area contributed by atoms with E-state index in [0.717, 1.165) is 36.7 Å². The molecule has 0 bridgehead atoms. The molecule has 4 heterocycles. The van der Waals surface area contributed by atoms with Crippen molar-refractivity contribution < 1.29 is 4.74 Å². The predicted octanol–water partition coefficient (Wildman–Crippen LogP) is 4.67. The number of thioether (sulfide) groups is 1. The minimum Gasteiger partial charge on any atom is -0.495 e. The van der Waals surface area contributed by atoms with E-state index in [0.29, 0.717) is 6.04 Å². The Morgan fingerprint density at radius 3 is 2.76 bits per heavy atom. The van der Waals surface area contributed by atoms with E-state index in [-0.39, 0.29) is 12.1 Å². The van der Waals surface area contributed by atoms with Gasteiger partial charge in [-0.3, -0.25) is 9.98 Å². The molecular weight excluding hydrogens is 380 g/mol. The normalized spacial score (nSPS) is 26.0. The first-order valence-electron chi connectivity index (χ1n) is 10.6. The Labute approximate surface area is 177 Å². The van der Waals surface area contributed by atoms with Crippen LogP contribution in [0.5, 0.6) is 5.75 Å². The zero-order valence-corrected chi connectivity index (χ0v) is 17.9. The standard InChI is InChI=1S/C23H28N4OS/c1-3-17-15-29-23-25-21(18-8-4-5-11-24-18)22(27(17)23)16-9-10-19(20(14-16)28-2)26-12-6-7-13-26/h4-5,8-11,14,17,21-22H,3,6-7,12-13,15H2,1-2H3/t17-,21+,22+/m1/s1. The van der Waals surface area contributed by atoms with E-state index in [9.17, 15) is 0 Å². The number of aromatic nitrogens is 1. The summed E-state index contributed by atoms with van der Waals surface area (Å²) in [6.45, 7) is 4.50. The highest BCUT2D eigenvalue weighted by molar-refractivity contribution is 8.14. The van der Waals surface area contributed by atoms with Crippen molar-refractivity contribution in [2.24, 2.45) is 4.99 Å². The third-order valence-electron chi connectivity index (χ3n) is 6.32. The summed E-state index contributed by atoms with van der Waals surface area (Å²) < 4.78 is 5.85. The molecule has 3 aliphatic heterocycles. The molecular formula is C23H28N4OS. The van der Waals surface area contributed by atoms with Gasteiger partial charge in [-0.1, -0.05) is 30.8 Å². The number of benzene rings is 1. The van der Waals surface area contributed by atoms with Gasteiger partial charge in [0.1, 0.15) is 11.8 Å². The largest absolute Gasteiger partial charge is 0.495 e. The number of rotatable bonds is 5. The summed E-state index contributed by atoms with van der Waals surface area (Å²) in [5.74, 6) is 2.08. The van der Waals surface area contributed by atoms with Gasteiger partial charge in [-0.25, -0.2) is 0 Å². The lowest BCUT2D eigenvalue weighted by molar-refractivity contribution is 0.254. The maximum atomic E-state index is 5.85. The fourth-order valence-corrected chi connectivity index (χ4v) is 6.14. The van der Waals surface area contributed by atoms with Crippen molar-refractivity contribution in [1.29, 1.82) is 0 Å². The Kier molecular flexibility index (Phi) is 5.12. The van der Waals surface area contributed by atoms with Gasteiger partial charge in [-0.05, 0) is 49.1 Å². The van der Waals surface area contributed by atoms with Crippen LogP contribution in [0.25, 0.3) is 0 Å². The smallest absolute Gasteiger partial charge is 0.160 e. The molecule has 0 amide bonds. The number of methoxy groups -OCH3 is 1. The minimum absolute atomic E-state index is 0.0235. The summed E-state index contributed by atoms with van der Waals surface area (Å²) in [7, 11) is 1.78. The van der Waals surface area contributed by atoms with Crippen LogP contribution in [0.2, 0.25) is 0 Å². The number of hydrogen-bond donors (Lipinski definition) is 0. The highest BCUT2D eigenvalue weighted by Gasteiger charge is 2.45. The van der Waals surface area contributed by atoms with E-state index in [4.69, 9.17) is 9.73 Å². The van der Waals surface area contributed by atoms with E-state index in [1.807, 2.05) is 24.0 Å². The second kappa shape index (κ2) is 7.90. The second-order valence-corrected chi connectivity index (χ2v) is 8.95. The summed E-state index contributed by atoms with van der Waals surface area (Å²) in [5.41, 5.74) is 3.52. The Morgan fingerprint density at radius 2 is 2.03 bits per heavy atom. The van der Waals surface area contributed by atoms with Gasteiger partial charge in [-0.2, -0.15) is 0 Å². The number of aliphatic imine (C=N–C) groups is 1. The van der Waals surface area contributed by atoms with Crippen LogP contribution in [0.3, 0.4) is 0 Å². The number of amidine groups is 1. The average molecular weight is 409 g/mol. The number of hydrogen-bond acceptors (Lipinski definition) is 6. The van der Waals surface area contributed by atoms with Gasteiger partial charge in [0.2, 0.25) is 0 Å². The summed E-state index contributed by atoms with van der Waals surface area (Å²) in [6.07, 6.45) is 5.52. The molecule has 0 N–H and O–H groups in total. The highest BCUT2D eigenvalue weighted by atomic mass is 32.2. The molecule has 0 unspecified atom stereocenters. The van der Waals surface area contributed by atoms with E-state index in [1.54, 1.807) is 7.11 Å². The van der Waals surface area contributed by atoms with Crippen molar-refractivity contribution in [2.75, 3.05) is 30.9 Å². The van der Waals surface area contributed by atoms with E-state index in [2.05, 4.69) is 52.0 Å². The average Bonchev–Trinajstić information content (AvgIpc) is 3.50. The third-order valence-corrected chi connectivity index (χ3v) is 7.45. The fourth-order valence-electron chi connectivity index (χ4n) is 4.81. The van der Waals surface area contributed by atoms with Gasteiger partial charge < -0.3 is 14.5 Å². The topological polar surface area (TPSA) is 41.0 Å². The van der Waals surface area contributed by atoms with Crippen molar-refractivity contribution >= 4 is 22.6 Å². The predicted molar refractivity (Wildman–Crippen MR) is 120 cm³/mol. The van der Waals surface area contributed by atoms with Crippen LogP contribution in [-0.4, -0.2) is 47.0 Å². The molecule has 5 rings (SSSR count). The van der Waals surface area contributed by atoms with E-state index < -0.39 is 0 Å². The molecule has 152 valence electrons. The summed E-state index contributed by atoms with van der Waals surface area (Å²) in [6, 6.07) is 13.6. The zero-order valence-electron chi connectivity index (χ0n) is 17.1. The quantitative estimate of drug-likeness (QED) is 0.719. The van der Waals surface area contributed by atoms with Crippen molar-refractivity contribution in [3.8, 4) is 5.75 Å². The Balaban J connectivity index is 1.56. The van der Waals surface area contributed by atoms with Crippen molar-refractivity contribution in [2.45, 2.75) is 44.3 Å². The van der Waals surface area contributed by atoms with Crippen molar-refractivity contribution in [3.05, 3.63) is 53.9 Å². The Bertz CT molecular complexity index is 897. The molecule has 2 saturated heterocycles. The van der Waals surface area contributed by atoms with Gasteiger partial charge in [0.25, 0.3) is 0 Å². The zero-order chi connectivity index (χ0) is 19.8. The van der Waals surface area contributed by atoms with Gasteiger partial charge in [0.05, 0.1) is 24.5 Å².